The van der Waals surface area contributed by atoms with Crippen LogP contribution in [0.4, 0.5) is 0 Å². The van der Waals surface area contributed by atoms with Gasteiger partial charge in [-0.05, 0) is 25.7 Å². The second kappa shape index (κ2) is 4.98. The van der Waals surface area contributed by atoms with Crippen LogP contribution in [-0.4, -0.2) is 25.2 Å². The van der Waals surface area contributed by atoms with Crippen molar-refractivity contribution in [1.29, 1.82) is 0 Å². The fourth-order valence-corrected chi connectivity index (χ4v) is 1.87. The van der Waals surface area contributed by atoms with Crippen LogP contribution in [0.2, 0.25) is 0 Å². The van der Waals surface area contributed by atoms with Gasteiger partial charge >= 0.3 is 11.9 Å². The number of hydrogen-bond acceptors (Lipinski definition) is 4. The van der Waals surface area contributed by atoms with E-state index in [2.05, 4.69) is 4.74 Å². The highest BCUT2D eigenvalue weighted by molar-refractivity contribution is 5.72. The van der Waals surface area contributed by atoms with Crippen molar-refractivity contribution < 1.29 is 19.1 Å². The van der Waals surface area contributed by atoms with Gasteiger partial charge in [0.25, 0.3) is 0 Å². The SMILES string of the molecule is COC(=O)[C@@H]1CCC[C@H](OC(C)=O)C1. The normalized spacial score (nSPS) is 26.7. The van der Waals surface area contributed by atoms with E-state index in [4.69, 9.17) is 4.74 Å². The van der Waals surface area contributed by atoms with Crippen LogP contribution in [0.3, 0.4) is 0 Å². The largest absolute Gasteiger partial charge is 0.469 e. The minimum atomic E-state index is -0.277. The molecule has 0 bridgehead atoms. The molecule has 4 heteroatoms. The molecule has 0 amide bonds. The van der Waals surface area contributed by atoms with Crippen LogP contribution < -0.4 is 0 Å². The third-order valence-electron chi connectivity index (χ3n) is 2.49. The molecule has 80 valence electrons. The first-order valence-electron chi connectivity index (χ1n) is 4.88. The number of ether oxygens (including phenoxy) is 2. The monoisotopic (exact) mass is 200 g/mol. The first kappa shape index (κ1) is 11.0. The third kappa shape index (κ3) is 3.01. The maximum absolute atomic E-state index is 11.2. The zero-order valence-corrected chi connectivity index (χ0v) is 8.62. The summed E-state index contributed by atoms with van der Waals surface area (Å²) in [5, 5.41) is 0. The Hall–Kier alpha value is -1.06. The van der Waals surface area contributed by atoms with Gasteiger partial charge in [0.15, 0.2) is 0 Å². The smallest absolute Gasteiger partial charge is 0.308 e. The molecule has 0 aromatic carbocycles. The molecule has 0 aromatic rings. The summed E-state index contributed by atoms with van der Waals surface area (Å²) in [4.78, 5) is 22.0. The van der Waals surface area contributed by atoms with Crippen molar-refractivity contribution in [2.24, 2.45) is 5.92 Å². The Morgan fingerprint density at radius 3 is 2.57 bits per heavy atom. The van der Waals surface area contributed by atoms with Gasteiger partial charge in [-0.1, -0.05) is 0 Å². The minimum Gasteiger partial charge on any atom is -0.469 e. The van der Waals surface area contributed by atoms with Crippen molar-refractivity contribution in [2.75, 3.05) is 7.11 Å². The molecule has 1 fully saturated rings. The predicted octanol–water partition coefficient (Wildman–Crippen LogP) is 1.28. The van der Waals surface area contributed by atoms with Gasteiger partial charge in [0.2, 0.25) is 0 Å². The van der Waals surface area contributed by atoms with Crippen LogP contribution in [0.15, 0.2) is 0 Å². The number of methoxy groups -OCH3 is 1. The quantitative estimate of drug-likeness (QED) is 0.630. The summed E-state index contributed by atoms with van der Waals surface area (Å²) in [6.07, 6.45) is 3.10. The number of hydrogen-bond donors (Lipinski definition) is 0. The highest BCUT2D eigenvalue weighted by Crippen LogP contribution is 2.27. The second-order valence-corrected chi connectivity index (χ2v) is 3.62. The van der Waals surface area contributed by atoms with Gasteiger partial charge < -0.3 is 9.47 Å². The van der Waals surface area contributed by atoms with E-state index in [1.807, 2.05) is 0 Å². The van der Waals surface area contributed by atoms with Crippen molar-refractivity contribution >= 4 is 11.9 Å². The van der Waals surface area contributed by atoms with E-state index in [-0.39, 0.29) is 24.0 Å². The predicted molar refractivity (Wildman–Crippen MR) is 49.5 cm³/mol. The molecule has 0 N–H and O–H groups in total. The first-order chi connectivity index (χ1) is 6.63. The summed E-state index contributed by atoms with van der Waals surface area (Å²) in [7, 11) is 1.39. The summed E-state index contributed by atoms with van der Waals surface area (Å²) in [6, 6.07) is 0. The standard InChI is InChI=1S/C10H16O4/c1-7(11)14-9-5-3-4-8(6-9)10(12)13-2/h8-9H,3-6H2,1-2H3/t8-,9+/m1/s1. The van der Waals surface area contributed by atoms with Crippen LogP contribution in [0, 0.1) is 5.92 Å². The van der Waals surface area contributed by atoms with Crippen LogP contribution >= 0.6 is 0 Å². The number of carbonyl (C=O) groups is 2. The molecule has 0 heterocycles. The molecule has 4 nitrogen and oxygen atoms in total. The molecular weight excluding hydrogens is 184 g/mol. The second-order valence-electron chi connectivity index (χ2n) is 3.62. The van der Waals surface area contributed by atoms with Gasteiger partial charge in [-0.15, -0.1) is 0 Å². The fraction of sp³-hybridized carbons (Fsp3) is 0.800. The lowest BCUT2D eigenvalue weighted by atomic mass is 9.87. The van der Waals surface area contributed by atoms with E-state index in [0.717, 1.165) is 19.3 Å². The minimum absolute atomic E-state index is 0.0990. The zero-order valence-electron chi connectivity index (χ0n) is 8.62. The molecule has 1 aliphatic rings. The Labute approximate surface area is 83.6 Å². The Bertz CT molecular complexity index is 224. The van der Waals surface area contributed by atoms with Crippen molar-refractivity contribution in [3.63, 3.8) is 0 Å². The Morgan fingerprint density at radius 2 is 2.00 bits per heavy atom. The first-order valence-corrected chi connectivity index (χ1v) is 4.88. The van der Waals surface area contributed by atoms with E-state index < -0.39 is 0 Å². The highest BCUT2D eigenvalue weighted by atomic mass is 16.5. The summed E-state index contributed by atoms with van der Waals surface area (Å²) in [6.45, 7) is 1.39. The number of rotatable bonds is 2. The maximum Gasteiger partial charge on any atom is 0.308 e. The van der Waals surface area contributed by atoms with Crippen molar-refractivity contribution in [2.45, 2.75) is 38.7 Å². The molecule has 0 unspecified atom stereocenters. The molecule has 0 spiro atoms. The molecule has 0 aromatic heterocycles. The lowest BCUT2D eigenvalue weighted by Gasteiger charge is -2.26. The molecular formula is C10H16O4. The third-order valence-corrected chi connectivity index (χ3v) is 2.49. The Morgan fingerprint density at radius 1 is 1.29 bits per heavy atom. The van der Waals surface area contributed by atoms with Crippen LogP contribution in [0.25, 0.3) is 0 Å². The maximum atomic E-state index is 11.2. The summed E-state index contributed by atoms with van der Waals surface area (Å²) < 4.78 is 9.73. The van der Waals surface area contributed by atoms with E-state index in [9.17, 15) is 9.59 Å². The fourth-order valence-electron chi connectivity index (χ4n) is 1.87. The lowest BCUT2D eigenvalue weighted by molar-refractivity contribution is -0.155. The molecule has 1 aliphatic carbocycles. The van der Waals surface area contributed by atoms with Crippen molar-refractivity contribution in [3.8, 4) is 0 Å². The van der Waals surface area contributed by atoms with Gasteiger partial charge in [-0.25, -0.2) is 0 Å². The summed E-state index contributed by atoms with van der Waals surface area (Å²) in [5.41, 5.74) is 0. The molecule has 0 saturated heterocycles. The molecule has 1 saturated carbocycles. The van der Waals surface area contributed by atoms with E-state index in [0.29, 0.717) is 6.42 Å². The van der Waals surface area contributed by atoms with Crippen molar-refractivity contribution in [3.05, 3.63) is 0 Å². The average molecular weight is 200 g/mol. The Balaban J connectivity index is 2.43. The van der Waals surface area contributed by atoms with E-state index in [1.165, 1.54) is 14.0 Å². The molecule has 2 atom stereocenters. The van der Waals surface area contributed by atoms with Gasteiger partial charge in [0.1, 0.15) is 6.10 Å². The molecule has 1 rings (SSSR count). The molecule has 0 radical (unpaired) electrons. The lowest BCUT2D eigenvalue weighted by Crippen LogP contribution is -2.29. The topological polar surface area (TPSA) is 52.6 Å². The van der Waals surface area contributed by atoms with Gasteiger partial charge in [-0.3, -0.25) is 9.59 Å². The average Bonchev–Trinajstić information content (AvgIpc) is 2.16. The van der Waals surface area contributed by atoms with E-state index in [1.54, 1.807) is 0 Å². The van der Waals surface area contributed by atoms with Gasteiger partial charge in [-0.2, -0.15) is 0 Å². The van der Waals surface area contributed by atoms with Crippen molar-refractivity contribution in [1.82, 2.24) is 0 Å². The van der Waals surface area contributed by atoms with Crippen LogP contribution in [-0.2, 0) is 19.1 Å². The van der Waals surface area contributed by atoms with Crippen LogP contribution in [0.5, 0.6) is 0 Å². The van der Waals surface area contributed by atoms with Gasteiger partial charge in [0.05, 0.1) is 13.0 Å². The number of esters is 2. The molecule has 0 aliphatic heterocycles. The van der Waals surface area contributed by atoms with E-state index >= 15 is 0 Å². The van der Waals surface area contributed by atoms with Crippen LogP contribution in [0.1, 0.15) is 32.6 Å². The molecule has 14 heavy (non-hydrogen) atoms. The zero-order chi connectivity index (χ0) is 10.6. The Kier molecular flexibility index (Phi) is 3.92. The highest BCUT2D eigenvalue weighted by Gasteiger charge is 2.29. The number of carbonyl (C=O) groups excluding carboxylic acids is 2. The van der Waals surface area contributed by atoms with Gasteiger partial charge in [0, 0.05) is 6.92 Å². The summed E-state index contributed by atoms with van der Waals surface area (Å²) in [5.74, 6) is -0.569. The summed E-state index contributed by atoms with van der Waals surface area (Å²) >= 11 is 0.